The fourth-order valence-corrected chi connectivity index (χ4v) is 4.05. The van der Waals surface area contributed by atoms with Crippen LogP contribution in [0, 0.1) is 0 Å². The SMILES string of the molecule is COc1ccccc1N1CCN(c2nc(=O)c3cccnc3s2)CC1. The molecule has 7 heteroatoms. The Kier molecular flexibility index (Phi) is 4.23. The standard InChI is InChI=1S/C18H18N4O2S/c1-24-15-7-3-2-6-14(15)21-9-11-22(12-10-21)18-20-16(23)13-5-4-8-19-17(13)25-18/h2-8H,9-12H2,1H3. The molecule has 0 unspecified atom stereocenters. The molecule has 6 nitrogen and oxygen atoms in total. The summed E-state index contributed by atoms with van der Waals surface area (Å²) in [6.45, 7) is 3.31. The molecule has 1 aliphatic rings. The maximum atomic E-state index is 12.2. The number of ether oxygens (including phenoxy) is 1. The molecule has 3 heterocycles. The zero-order valence-corrected chi connectivity index (χ0v) is 14.7. The smallest absolute Gasteiger partial charge is 0.282 e. The fraction of sp³-hybridized carbons (Fsp3) is 0.278. The number of methoxy groups -OCH3 is 1. The average molecular weight is 354 g/mol. The third kappa shape index (κ3) is 3.02. The van der Waals surface area contributed by atoms with Crippen molar-refractivity contribution in [2.24, 2.45) is 0 Å². The highest BCUT2D eigenvalue weighted by Gasteiger charge is 2.21. The van der Waals surface area contributed by atoms with E-state index in [1.54, 1.807) is 25.4 Å². The Morgan fingerprint density at radius 3 is 2.60 bits per heavy atom. The number of anilines is 2. The van der Waals surface area contributed by atoms with Crippen molar-refractivity contribution in [3.8, 4) is 5.75 Å². The number of nitrogens with zero attached hydrogens (tertiary/aromatic N) is 4. The molecule has 1 aromatic carbocycles. The lowest BCUT2D eigenvalue weighted by molar-refractivity contribution is 0.413. The van der Waals surface area contributed by atoms with Crippen molar-refractivity contribution in [3.63, 3.8) is 0 Å². The van der Waals surface area contributed by atoms with Gasteiger partial charge in [-0.1, -0.05) is 23.5 Å². The van der Waals surface area contributed by atoms with Crippen LogP contribution < -0.4 is 20.1 Å². The minimum atomic E-state index is -0.205. The summed E-state index contributed by atoms with van der Waals surface area (Å²) in [6, 6.07) is 11.6. The van der Waals surface area contributed by atoms with Crippen LogP contribution in [0.15, 0.2) is 47.4 Å². The normalized spacial score (nSPS) is 14.8. The van der Waals surface area contributed by atoms with Crippen LogP contribution in [0.25, 0.3) is 10.2 Å². The number of benzene rings is 1. The van der Waals surface area contributed by atoms with Gasteiger partial charge < -0.3 is 14.5 Å². The molecule has 0 N–H and O–H groups in total. The predicted molar refractivity (Wildman–Crippen MR) is 101 cm³/mol. The van der Waals surface area contributed by atoms with E-state index in [1.165, 1.54) is 11.3 Å². The van der Waals surface area contributed by atoms with Crippen molar-refractivity contribution >= 4 is 32.4 Å². The van der Waals surface area contributed by atoms with Gasteiger partial charge in [0.15, 0.2) is 5.13 Å². The van der Waals surface area contributed by atoms with E-state index in [1.807, 2.05) is 18.2 Å². The fourth-order valence-electron chi connectivity index (χ4n) is 3.06. The second-order valence-electron chi connectivity index (χ2n) is 5.80. The van der Waals surface area contributed by atoms with E-state index in [0.717, 1.165) is 47.6 Å². The van der Waals surface area contributed by atoms with Crippen LogP contribution in [-0.2, 0) is 0 Å². The quantitative estimate of drug-likeness (QED) is 0.720. The van der Waals surface area contributed by atoms with E-state index in [0.29, 0.717) is 5.39 Å². The largest absolute Gasteiger partial charge is 0.495 e. The molecule has 1 saturated heterocycles. The molecule has 0 bridgehead atoms. The van der Waals surface area contributed by atoms with Crippen LogP contribution in [0.2, 0.25) is 0 Å². The third-order valence-corrected chi connectivity index (χ3v) is 5.41. The Morgan fingerprint density at radius 1 is 1.04 bits per heavy atom. The van der Waals surface area contributed by atoms with Crippen molar-refractivity contribution in [1.29, 1.82) is 0 Å². The molecular formula is C18H18N4O2S. The number of fused-ring (bicyclic) bond motifs is 1. The van der Waals surface area contributed by atoms with Crippen LogP contribution in [0.4, 0.5) is 10.8 Å². The van der Waals surface area contributed by atoms with Gasteiger partial charge in [-0.25, -0.2) is 4.98 Å². The van der Waals surface area contributed by atoms with Gasteiger partial charge in [-0.05, 0) is 24.3 Å². The van der Waals surface area contributed by atoms with Gasteiger partial charge in [0.05, 0.1) is 18.2 Å². The second kappa shape index (κ2) is 6.68. The van der Waals surface area contributed by atoms with E-state index in [9.17, 15) is 4.79 Å². The maximum absolute atomic E-state index is 12.2. The summed E-state index contributed by atoms with van der Waals surface area (Å²) in [5.41, 5.74) is 0.898. The van der Waals surface area contributed by atoms with Gasteiger partial charge >= 0.3 is 0 Å². The van der Waals surface area contributed by atoms with Gasteiger partial charge in [0.25, 0.3) is 5.56 Å². The topological polar surface area (TPSA) is 58.6 Å². The molecule has 4 rings (SSSR count). The summed E-state index contributed by atoms with van der Waals surface area (Å²) >= 11 is 1.47. The highest BCUT2D eigenvalue weighted by Crippen LogP contribution is 2.30. The molecule has 0 aliphatic carbocycles. The molecule has 0 atom stereocenters. The zero-order chi connectivity index (χ0) is 17.2. The number of aromatic nitrogens is 2. The Hall–Kier alpha value is -2.67. The van der Waals surface area contributed by atoms with Crippen molar-refractivity contribution in [1.82, 2.24) is 9.97 Å². The molecule has 0 amide bonds. The lowest BCUT2D eigenvalue weighted by atomic mass is 10.2. The summed E-state index contributed by atoms with van der Waals surface area (Å²) in [5, 5.41) is 1.33. The number of piperazine rings is 1. The Bertz CT molecular complexity index is 951. The van der Waals surface area contributed by atoms with Gasteiger partial charge in [-0.15, -0.1) is 0 Å². The van der Waals surface area contributed by atoms with Gasteiger partial charge in [-0.3, -0.25) is 4.79 Å². The average Bonchev–Trinajstić information content (AvgIpc) is 2.68. The van der Waals surface area contributed by atoms with Gasteiger partial charge in [0.2, 0.25) is 0 Å². The summed E-state index contributed by atoms with van der Waals surface area (Å²) in [6.07, 6.45) is 1.71. The van der Waals surface area contributed by atoms with Crippen LogP contribution in [-0.4, -0.2) is 43.3 Å². The van der Waals surface area contributed by atoms with Gasteiger partial charge in [0.1, 0.15) is 10.6 Å². The number of hydrogen-bond donors (Lipinski definition) is 0. The molecular weight excluding hydrogens is 336 g/mol. The van der Waals surface area contributed by atoms with Crippen LogP contribution in [0.1, 0.15) is 0 Å². The first-order chi connectivity index (χ1) is 12.3. The van der Waals surface area contributed by atoms with Crippen molar-refractivity contribution in [3.05, 3.63) is 52.9 Å². The molecule has 0 spiro atoms. The van der Waals surface area contributed by atoms with E-state index in [2.05, 4.69) is 25.8 Å². The van der Waals surface area contributed by atoms with Gasteiger partial charge in [-0.2, -0.15) is 4.98 Å². The third-order valence-electron chi connectivity index (χ3n) is 4.36. The van der Waals surface area contributed by atoms with Crippen LogP contribution in [0.5, 0.6) is 5.75 Å². The summed E-state index contributed by atoms with van der Waals surface area (Å²) in [5.74, 6) is 0.883. The van der Waals surface area contributed by atoms with E-state index >= 15 is 0 Å². The molecule has 1 aliphatic heterocycles. The van der Waals surface area contributed by atoms with E-state index in [-0.39, 0.29) is 5.56 Å². The number of rotatable bonds is 3. The monoisotopic (exact) mass is 354 g/mol. The summed E-state index contributed by atoms with van der Waals surface area (Å²) in [7, 11) is 1.69. The minimum absolute atomic E-state index is 0.205. The molecule has 0 radical (unpaired) electrons. The lowest BCUT2D eigenvalue weighted by Gasteiger charge is -2.36. The van der Waals surface area contributed by atoms with Crippen LogP contribution in [0.3, 0.4) is 0 Å². The molecule has 25 heavy (non-hydrogen) atoms. The first-order valence-electron chi connectivity index (χ1n) is 8.15. The predicted octanol–water partition coefficient (Wildman–Crippen LogP) is 2.39. The Labute approximate surface area is 149 Å². The van der Waals surface area contributed by atoms with Crippen molar-refractivity contribution in [2.45, 2.75) is 0 Å². The molecule has 1 fully saturated rings. The van der Waals surface area contributed by atoms with Crippen molar-refractivity contribution in [2.75, 3.05) is 43.1 Å². The summed E-state index contributed by atoms with van der Waals surface area (Å²) in [4.78, 5) is 26.0. The van der Waals surface area contributed by atoms with E-state index in [4.69, 9.17) is 4.74 Å². The second-order valence-corrected chi connectivity index (χ2v) is 6.76. The highest BCUT2D eigenvalue weighted by molar-refractivity contribution is 7.21. The lowest BCUT2D eigenvalue weighted by Crippen LogP contribution is -2.47. The van der Waals surface area contributed by atoms with E-state index < -0.39 is 0 Å². The number of para-hydroxylation sites is 2. The first kappa shape index (κ1) is 15.8. The van der Waals surface area contributed by atoms with Crippen LogP contribution >= 0.6 is 11.3 Å². The minimum Gasteiger partial charge on any atom is -0.495 e. The Morgan fingerprint density at radius 2 is 1.80 bits per heavy atom. The first-order valence-corrected chi connectivity index (χ1v) is 8.97. The Balaban J connectivity index is 1.55. The van der Waals surface area contributed by atoms with Crippen molar-refractivity contribution < 1.29 is 4.74 Å². The summed E-state index contributed by atoms with van der Waals surface area (Å²) < 4.78 is 5.46. The highest BCUT2D eigenvalue weighted by atomic mass is 32.1. The van der Waals surface area contributed by atoms with Gasteiger partial charge in [0, 0.05) is 32.4 Å². The molecule has 3 aromatic rings. The molecule has 128 valence electrons. The molecule has 0 saturated carbocycles. The molecule has 2 aromatic heterocycles. The number of pyridine rings is 1. The number of hydrogen-bond acceptors (Lipinski definition) is 7. The maximum Gasteiger partial charge on any atom is 0.282 e. The zero-order valence-electron chi connectivity index (χ0n) is 13.9.